The Labute approximate surface area is 160 Å². The van der Waals surface area contributed by atoms with Crippen LogP contribution in [0.3, 0.4) is 0 Å². The highest BCUT2D eigenvalue weighted by Gasteiger charge is 2.18. The summed E-state index contributed by atoms with van der Waals surface area (Å²) in [6.45, 7) is 0. The Bertz CT molecular complexity index is 953. The van der Waals surface area contributed by atoms with E-state index in [2.05, 4.69) is 21.3 Å². The first-order chi connectivity index (χ1) is 12.2. The van der Waals surface area contributed by atoms with E-state index in [1.165, 1.54) is 16.8 Å². The van der Waals surface area contributed by atoms with Crippen LogP contribution in [0, 0.1) is 5.82 Å². The van der Waals surface area contributed by atoms with E-state index < -0.39 is 10.9 Å². The fourth-order valence-electron chi connectivity index (χ4n) is 2.40. The Balaban J connectivity index is 1.43. The molecule has 0 radical (unpaired) electrons. The smallest absolute Gasteiger partial charge is 0.151 e. The summed E-state index contributed by atoms with van der Waals surface area (Å²) < 4.78 is 15.4. The molecule has 8 heteroatoms. The number of fused-ring (bicyclic) bond motifs is 1. The zero-order valence-electron chi connectivity index (χ0n) is 12.9. The summed E-state index contributed by atoms with van der Waals surface area (Å²) in [4.78, 5) is 4.64. The summed E-state index contributed by atoms with van der Waals surface area (Å²) in [5.41, 5.74) is 3.85. The van der Waals surface area contributed by atoms with Gasteiger partial charge in [0.15, 0.2) is 4.34 Å². The van der Waals surface area contributed by atoms with Gasteiger partial charge in [-0.3, -0.25) is 0 Å². The van der Waals surface area contributed by atoms with E-state index in [9.17, 15) is 4.39 Å². The molecule has 3 nitrogen and oxygen atoms in total. The van der Waals surface area contributed by atoms with Gasteiger partial charge in [0.25, 0.3) is 0 Å². The number of thiol groups is 1. The first kappa shape index (κ1) is 17.0. The summed E-state index contributed by atoms with van der Waals surface area (Å²) in [5, 5.41) is 9.89. The number of para-hydroxylation sites is 1. The van der Waals surface area contributed by atoms with E-state index in [1.807, 2.05) is 23.7 Å². The van der Waals surface area contributed by atoms with Crippen LogP contribution in [0.2, 0.25) is 5.02 Å². The van der Waals surface area contributed by atoms with E-state index in [-0.39, 0.29) is 5.82 Å². The minimum atomic E-state index is -0.623. The molecule has 1 atom stereocenters. The molecule has 0 amide bonds. The second-order valence-corrected chi connectivity index (χ2v) is 10.0. The number of halogens is 2. The predicted molar refractivity (Wildman–Crippen MR) is 110 cm³/mol. The molecule has 4 rings (SSSR count). The molecule has 0 spiro atoms. The lowest BCUT2D eigenvalue weighted by molar-refractivity contribution is 0.627. The molecule has 2 heterocycles. The van der Waals surface area contributed by atoms with E-state index in [1.54, 1.807) is 29.2 Å². The van der Waals surface area contributed by atoms with Gasteiger partial charge in [-0.2, -0.15) is 16.0 Å². The Morgan fingerprint density at radius 3 is 2.92 bits per heavy atom. The molecule has 1 unspecified atom stereocenters. The molecular formula is C17H13ClFN3S3. The molecule has 0 saturated carbocycles. The maximum Gasteiger partial charge on any atom is 0.151 e. The van der Waals surface area contributed by atoms with Gasteiger partial charge in [-0.05, 0) is 29.8 Å². The van der Waals surface area contributed by atoms with Crippen LogP contribution in [0.15, 0.2) is 57.0 Å². The average molecular weight is 410 g/mol. The molecular weight excluding hydrogens is 397 g/mol. The zero-order valence-corrected chi connectivity index (χ0v) is 16.2. The average Bonchev–Trinajstić information content (AvgIpc) is 3.21. The van der Waals surface area contributed by atoms with Crippen LogP contribution >= 0.6 is 45.6 Å². The number of thiazole rings is 1. The minimum absolute atomic E-state index is 0.318. The van der Waals surface area contributed by atoms with Gasteiger partial charge in [-0.25, -0.2) is 9.37 Å². The quantitative estimate of drug-likeness (QED) is 0.431. The summed E-state index contributed by atoms with van der Waals surface area (Å²) >= 11 is 9.52. The normalized spacial score (nSPS) is 18.0. The Kier molecular flexibility index (Phi) is 5.08. The number of thioether (sulfide) groups is 1. The third-order valence-electron chi connectivity index (χ3n) is 3.65. The number of hydrogen-bond acceptors (Lipinski definition) is 5. The zero-order chi connectivity index (χ0) is 17.2. The highest BCUT2D eigenvalue weighted by molar-refractivity contribution is 8.40. The standard InChI is InChI=1S/C17H13ClFN3S3/c18-13-7-12(19)6-5-11(13)9-25-10-20-22-16(25)8-23-17-21-14-3-1-2-4-15(14)24-17/h1-7,10,25H,8-9H2. The van der Waals surface area contributed by atoms with E-state index in [0.717, 1.165) is 32.0 Å². The van der Waals surface area contributed by atoms with Crippen molar-refractivity contribution in [1.82, 2.24) is 4.98 Å². The minimum Gasteiger partial charge on any atom is -0.230 e. The maximum absolute atomic E-state index is 13.2. The topological polar surface area (TPSA) is 37.6 Å². The van der Waals surface area contributed by atoms with Crippen molar-refractivity contribution >= 4 is 66.4 Å². The lowest BCUT2D eigenvalue weighted by Gasteiger charge is -2.15. The van der Waals surface area contributed by atoms with Crippen LogP contribution in [0.25, 0.3) is 10.2 Å². The summed E-state index contributed by atoms with van der Waals surface area (Å²) in [6, 6.07) is 12.7. The molecule has 2 aromatic carbocycles. The lowest BCUT2D eigenvalue weighted by Crippen LogP contribution is -2.03. The van der Waals surface area contributed by atoms with Crippen molar-refractivity contribution in [2.45, 2.75) is 10.1 Å². The fourth-order valence-corrected chi connectivity index (χ4v) is 6.81. The van der Waals surface area contributed by atoms with E-state index >= 15 is 0 Å². The van der Waals surface area contributed by atoms with Gasteiger partial charge in [0.05, 0.1) is 20.8 Å². The molecule has 0 N–H and O–H groups in total. The molecule has 1 aromatic heterocycles. The van der Waals surface area contributed by atoms with Crippen LogP contribution in [-0.4, -0.2) is 21.3 Å². The molecule has 0 saturated heterocycles. The van der Waals surface area contributed by atoms with Crippen molar-refractivity contribution in [3.63, 3.8) is 0 Å². The number of rotatable bonds is 5. The van der Waals surface area contributed by atoms with Gasteiger partial charge in [0.2, 0.25) is 0 Å². The SMILES string of the molecule is Fc1ccc(C[SH]2C=NN=C2CSc2nc3ccccc3s2)c(Cl)c1. The van der Waals surface area contributed by atoms with Crippen molar-refractivity contribution in [3.8, 4) is 0 Å². The largest absolute Gasteiger partial charge is 0.230 e. The van der Waals surface area contributed by atoms with Crippen LogP contribution in [-0.2, 0) is 5.75 Å². The summed E-state index contributed by atoms with van der Waals surface area (Å²) in [6.07, 6.45) is 0. The van der Waals surface area contributed by atoms with Crippen molar-refractivity contribution in [3.05, 3.63) is 58.9 Å². The lowest BCUT2D eigenvalue weighted by atomic mass is 10.2. The van der Waals surface area contributed by atoms with Crippen molar-refractivity contribution < 1.29 is 4.39 Å². The van der Waals surface area contributed by atoms with Crippen LogP contribution in [0.4, 0.5) is 4.39 Å². The predicted octanol–water partition coefficient (Wildman–Crippen LogP) is 5.74. The number of nitrogens with zero attached hydrogens (tertiary/aromatic N) is 3. The highest BCUT2D eigenvalue weighted by atomic mass is 35.5. The third-order valence-corrected chi connectivity index (χ3v) is 8.38. The first-order valence-electron chi connectivity index (χ1n) is 7.48. The number of benzene rings is 2. The van der Waals surface area contributed by atoms with E-state index in [0.29, 0.717) is 5.02 Å². The summed E-state index contributed by atoms with van der Waals surface area (Å²) in [7, 11) is -0.623. The highest BCUT2D eigenvalue weighted by Crippen LogP contribution is 2.38. The number of hydrogen-bond donors (Lipinski definition) is 1. The number of aromatic nitrogens is 1. The van der Waals surface area contributed by atoms with Crippen LogP contribution < -0.4 is 0 Å². The molecule has 0 aliphatic carbocycles. The molecule has 3 aromatic rings. The molecule has 1 aliphatic rings. The molecule has 0 bridgehead atoms. The second kappa shape index (κ2) is 7.45. The first-order valence-corrected chi connectivity index (χ1v) is 11.3. The van der Waals surface area contributed by atoms with Crippen molar-refractivity contribution in [2.75, 3.05) is 5.75 Å². The van der Waals surface area contributed by atoms with Gasteiger partial charge in [0.1, 0.15) is 5.82 Å². The van der Waals surface area contributed by atoms with Gasteiger partial charge in [0, 0.05) is 16.5 Å². The van der Waals surface area contributed by atoms with Crippen LogP contribution in [0.1, 0.15) is 5.56 Å². The van der Waals surface area contributed by atoms with Crippen molar-refractivity contribution in [1.29, 1.82) is 0 Å². The Hall–Kier alpha value is -1.41. The molecule has 25 heavy (non-hydrogen) atoms. The van der Waals surface area contributed by atoms with Gasteiger partial charge < -0.3 is 0 Å². The molecule has 0 fully saturated rings. The monoisotopic (exact) mass is 409 g/mol. The van der Waals surface area contributed by atoms with Crippen molar-refractivity contribution in [2.24, 2.45) is 10.2 Å². The fraction of sp³-hybridized carbons (Fsp3) is 0.118. The maximum atomic E-state index is 13.2. The van der Waals surface area contributed by atoms with Gasteiger partial charge >= 0.3 is 0 Å². The Morgan fingerprint density at radius 2 is 2.08 bits per heavy atom. The third kappa shape index (κ3) is 3.89. The van der Waals surface area contributed by atoms with Crippen LogP contribution in [0.5, 0.6) is 0 Å². The molecule has 128 valence electrons. The molecule has 1 aliphatic heterocycles. The second-order valence-electron chi connectivity index (χ2n) is 5.35. The Morgan fingerprint density at radius 1 is 1.20 bits per heavy atom. The summed E-state index contributed by atoms with van der Waals surface area (Å²) in [5.74, 6) is 1.17. The van der Waals surface area contributed by atoms with Gasteiger partial charge in [-0.15, -0.1) is 16.4 Å². The van der Waals surface area contributed by atoms with E-state index in [4.69, 9.17) is 11.6 Å². The van der Waals surface area contributed by atoms with Gasteiger partial charge in [-0.1, -0.05) is 41.6 Å².